The molecular weight excluding hydrogens is 426 g/mol. The van der Waals surface area contributed by atoms with Crippen LogP contribution in [0.2, 0.25) is 0 Å². The van der Waals surface area contributed by atoms with Crippen LogP contribution in [0, 0.1) is 0 Å². The fourth-order valence-electron chi connectivity index (χ4n) is 4.77. The first-order chi connectivity index (χ1) is 17.2. The highest BCUT2D eigenvalue weighted by atomic mass is 14.9. The number of benzene rings is 5. The molecule has 0 unspecified atom stereocenters. The molecule has 0 aliphatic carbocycles. The fourth-order valence-corrected chi connectivity index (χ4v) is 4.77. The Balaban J connectivity index is 1.37. The zero-order valence-corrected chi connectivity index (χ0v) is 19.9. The molecule has 3 nitrogen and oxygen atoms in total. The molecule has 0 fully saturated rings. The molecular formula is C32H25N3. The molecule has 0 aromatic heterocycles. The van der Waals surface area contributed by atoms with E-state index in [0.717, 1.165) is 56.8 Å². The van der Waals surface area contributed by atoms with Gasteiger partial charge in [-0.15, -0.1) is 0 Å². The van der Waals surface area contributed by atoms with Gasteiger partial charge in [0, 0.05) is 22.6 Å². The number of nitrogens with zero attached hydrogens (tertiary/aromatic N) is 3. The van der Waals surface area contributed by atoms with Crippen molar-refractivity contribution in [2.24, 2.45) is 15.0 Å². The molecule has 168 valence electrons. The van der Waals surface area contributed by atoms with Crippen LogP contribution in [-0.2, 0) is 0 Å². The maximum atomic E-state index is 5.13. The van der Waals surface area contributed by atoms with E-state index >= 15 is 0 Å². The monoisotopic (exact) mass is 451 g/mol. The largest absolute Gasteiger partial charge is 0.251 e. The second-order valence-corrected chi connectivity index (χ2v) is 8.91. The van der Waals surface area contributed by atoms with Gasteiger partial charge < -0.3 is 0 Å². The molecule has 3 heteroatoms. The van der Waals surface area contributed by atoms with Crippen LogP contribution < -0.4 is 0 Å². The number of aliphatic imine (C=N–C) groups is 3. The Kier molecular flexibility index (Phi) is 5.31. The summed E-state index contributed by atoms with van der Waals surface area (Å²) in [4.78, 5) is 15.0. The van der Waals surface area contributed by atoms with Crippen LogP contribution in [-0.4, -0.2) is 17.1 Å². The van der Waals surface area contributed by atoms with Gasteiger partial charge in [0.25, 0.3) is 0 Å². The number of allylic oxidation sites excluding steroid dienone is 2. The molecule has 0 spiro atoms. The predicted molar refractivity (Wildman–Crippen MR) is 151 cm³/mol. The molecule has 1 heterocycles. The molecule has 5 aromatic rings. The summed E-state index contributed by atoms with van der Waals surface area (Å²) in [5.41, 5.74) is 5.75. The second kappa shape index (κ2) is 8.77. The molecule has 6 rings (SSSR count). The fraction of sp³-hybridized carbons (Fsp3) is 0.0938. The van der Waals surface area contributed by atoms with Crippen molar-refractivity contribution in [3.8, 4) is 0 Å². The highest BCUT2D eigenvalue weighted by Crippen LogP contribution is 2.35. The minimum atomic E-state index is 0.760. The third-order valence-electron chi connectivity index (χ3n) is 6.61. The van der Waals surface area contributed by atoms with Gasteiger partial charge in [-0.05, 0) is 42.1 Å². The van der Waals surface area contributed by atoms with Crippen LogP contribution in [0.25, 0.3) is 32.3 Å². The van der Waals surface area contributed by atoms with Crippen molar-refractivity contribution in [3.63, 3.8) is 0 Å². The van der Waals surface area contributed by atoms with Crippen LogP contribution in [0.3, 0.4) is 0 Å². The summed E-state index contributed by atoms with van der Waals surface area (Å²) in [6, 6.07) is 33.7. The molecule has 1 aliphatic rings. The molecule has 0 radical (unpaired) electrons. The third-order valence-corrected chi connectivity index (χ3v) is 6.61. The van der Waals surface area contributed by atoms with Crippen molar-refractivity contribution < 1.29 is 0 Å². The normalized spacial score (nSPS) is 14.6. The van der Waals surface area contributed by atoms with Gasteiger partial charge in [-0.1, -0.05) is 91.0 Å². The highest BCUT2D eigenvalue weighted by Gasteiger charge is 2.15. The zero-order valence-electron chi connectivity index (χ0n) is 19.9. The lowest BCUT2D eigenvalue weighted by Crippen LogP contribution is -2.07. The van der Waals surface area contributed by atoms with Gasteiger partial charge in [-0.3, -0.25) is 9.98 Å². The number of fused-ring (bicyclic) bond motifs is 3. The molecule has 0 saturated heterocycles. The van der Waals surface area contributed by atoms with Gasteiger partial charge in [0.1, 0.15) is 0 Å². The average molecular weight is 452 g/mol. The van der Waals surface area contributed by atoms with Crippen molar-refractivity contribution in [1.29, 1.82) is 0 Å². The first-order valence-electron chi connectivity index (χ1n) is 11.9. The molecule has 5 aromatic carbocycles. The zero-order chi connectivity index (χ0) is 23.8. The van der Waals surface area contributed by atoms with E-state index in [4.69, 9.17) is 15.0 Å². The summed E-state index contributed by atoms with van der Waals surface area (Å²) in [6.07, 6.45) is 2.91. The van der Waals surface area contributed by atoms with Crippen LogP contribution >= 0.6 is 0 Å². The van der Waals surface area contributed by atoms with Crippen molar-refractivity contribution in [2.45, 2.75) is 20.3 Å². The van der Waals surface area contributed by atoms with Crippen molar-refractivity contribution >= 4 is 60.8 Å². The van der Waals surface area contributed by atoms with E-state index in [1.54, 1.807) is 0 Å². The van der Waals surface area contributed by atoms with Gasteiger partial charge in [0.15, 0.2) is 0 Å². The van der Waals surface area contributed by atoms with E-state index in [9.17, 15) is 0 Å². The summed E-state index contributed by atoms with van der Waals surface area (Å²) >= 11 is 0. The maximum absolute atomic E-state index is 5.13. The summed E-state index contributed by atoms with van der Waals surface area (Å²) in [5.74, 6) is 0. The first kappa shape index (κ1) is 21.2. The van der Waals surface area contributed by atoms with E-state index < -0.39 is 0 Å². The van der Waals surface area contributed by atoms with Crippen LogP contribution in [0.1, 0.15) is 20.3 Å². The van der Waals surface area contributed by atoms with Crippen molar-refractivity contribution in [2.75, 3.05) is 0 Å². The minimum Gasteiger partial charge on any atom is -0.251 e. The second-order valence-electron chi connectivity index (χ2n) is 8.91. The molecule has 0 bridgehead atoms. The quantitative estimate of drug-likeness (QED) is 0.193. The Morgan fingerprint density at radius 1 is 0.629 bits per heavy atom. The molecule has 0 amide bonds. The molecule has 35 heavy (non-hydrogen) atoms. The lowest BCUT2D eigenvalue weighted by atomic mass is 10.0. The Morgan fingerprint density at radius 3 is 1.94 bits per heavy atom. The third kappa shape index (κ3) is 3.95. The standard InChI is InChI=1S/C32H25N3/c1-21(33-31-17-9-13-23-10-3-6-14-26(23)31)29-18-19-30(35-29)22(2)34-32-27-15-7-4-11-24(27)20-25-12-5-8-16-28(25)32/h3-18,20H,19H2,1-2H3. The van der Waals surface area contributed by atoms with Gasteiger partial charge in [0.05, 0.1) is 34.2 Å². The van der Waals surface area contributed by atoms with Crippen LogP contribution in [0.4, 0.5) is 11.4 Å². The Labute approximate surface area is 204 Å². The average Bonchev–Trinajstić information content (AvgIpc) is 3.40. The minimum absolute atomic E-state index is 0.760. The topological polar surface area (TPSA) is 37.1 Å². The van der Waals surface area contributed by atoms with Crippen LogP contribution in [0.5, 0.6) is 0 Å². The van der Waals surface area contributed by atoms with Crippen molar-refractivity contribution in [3.05, 3.63) is 109 Å². The first-order valence-corrected chi connectivity index (χ1v) is 11.9. The molecule has 1 aliphatic heterocycles. The van der Waals surface area contributed by atoms with Gasteiger partial charge >= 0.3 is 0 Å². The SMILES string of the molecule is CC(=Nc1cccc2ccccc12)C1=CCC(C(C)=Nc2c3ccccc3cc3ccccc23)=N1. The summed E-state index contributed by atoms with van der Waals surface area (Å²) < 4.78 is 0. The molecule has 0 N–H and O–H groups in total. The van der Waals surface area contributed by atoms with E-state index in [1.807, 2.05) is 6.92 Å². The number of hydrogen-bond donors (Lipinski definition) is 0. The summed E-state index contributed by atoms with van der Waals surface area (Å²) in [5, 5.41) is 7.05. The Hall–Kier alpha value is -4.37. The van der Waals surface area contributed by atoms with E-state index in [1.165, 1.54) is 16.2 Å². The number of rotatable bonds is 4. The lowest BCUT2D eigenvalue weighted by Gasteiger charge is -2.09. The Bertz CT molecular complexity index is 1680. The van der Waals surface area contributed by atoms with Crippen LogP contribution in [0.15, 0.2) is 124 Å². The van der Waals surface area contributed by atoms with Crippen molar-refractivity contribution in [1.82, 2.24) is 0 Å². The number of hydrogen-bond acceptors (Lipinski definition) is 3. The summed E-state index contributed by atoms with van der Waals surface area (Å²) in [7, 11) is 0. The smallest absolute Gasteiger partial charge is 0.0810 e. The Morgan fingerprint density at radius 2 is 1.23 bits per heavy atom. The van der Waals surface area contributed by atoms with E-state index in [2.05, 4.69) is 110 Å². The molecule has 0 saturated carbocycles. The van der Waals surface area contributed by atoms with Gasteiger partial charge in [-0.25, -0.2) is 4.99 Å². The van der Waals surface area contributed by atoms with E-state index in [0.29, 0.717) is 0 Å². The summed E-state index contributed by atoms with van der Waals surface area (Å²) in [6.45, 7) is 4.09. The van der Waals surface area contributed by atoms with E-state index in [-0.39, 0.29) is 0 Å². The van der Waals surface area contributed by atoms with Gasteiger partial charge in [-0.2, -0.15) is 0 Å². The maximum Gasteiger partial charge on any atom is 0.0810 e. The highest BCUT2D eigenvalue weighted by molar-refractivity contribution is 6.44. The predicted octanol–water partition coefficient (Wildman–Crippen LogP) is 8.76. The lowest BCUT2D eigenvalue weighted by molar-refractivity contribution is 1.43. The molecule has 0 atom stereocenters. The van der Waals surface area contributed by atoms with Gasteiger partial charge in [0.2, 0.25) is 0 Å².